The van der Waals surface area contributed by atoms with E-state index in [-0.39, 0.29) is 40.0 Å². The van der Waals surface area contributed by atoms with Gasteiger partial charge in [-0.3, -0.25) is 76.0 Å². The summed E-state index contributed by atoms with van der Waals surface area (Å²) in [6.07, 6.45) is 21.3. The lowest BCUT2D eigenvalue weighted by atomic mass is 9.98. The van der Waals surface area contributed by atoms with Crippen LogP contribution in [0.4, 0.5) is 0 Å². The van der Waals surface area contributed by atoms with Crippen LogP contribution in [0.25, 0.3) is 66.4 Å². The molecule has 8 aromatic carbocycles. The van der Waals surface area contributed by atoms with E-state index in [1.165, 1.54) is 56.4 Å². The van der Waals surface area contributed by atoms with Crippen molar-refractivity contribution in [1.82, 2.24) is 77.4 Å². The monoisotopic (exact) mass is 1770 g/mol. The number of amidine groups is 2. The molecule has 8 aromatic heterocycles. The number of ether oxygens (including phenoxy) is 5. The molecule has 5 aliphatic heterocycles. The van der Waals surface area contributed by atoms with E-state index in [1.807, 2.05) is 251 Å². The number of benzene rings is 8. The second-order valence-electron chi connectivity index (χ2n) is 34.8. The molecule has 0 radical (unpaired) electrons. The number of pyridine rings is 4. The van der Waals surface area contributed by atoms with Crippen molar-refractivity contribution in [2.24, 2.45) is 9.98 Å². The number of aromatic nitrogens is 12. The van der Waals surface area contributed by atoms with Crippen molar-refractivity contribution < 1.29 is 23.7 Å². The van der Waals surface area contributed by atoms with Crippen molar-refractivity contribution >= 4 is 55.3 Å². The lowest BCUT2D eigenvalue weighted by Gasteiger charge is -2.38. The van der Waals surface area contributed by atoms with Gasteiger partial charge in [0.25, 0.3) is 22.2 Å². The van der Waals surface area contributed by atoms with Crippen molar-refractivity contribution in [1.29, 1.82) is 0 Å². The molecule has 3 fully saturated rings. The van der Waals surface area contributed by atoms with Crippen molar-refractivity contribution in [3.8, 4) is 45.7 Å². The molecule has 21 rings (SSSR count). The number of piperidine rings is 1. The molecule has 16 aromatic rings. The molecular formula is C105H110N18O9. The van der Waals surface area contributed by atoms with E-state index >= 15 is 0 Å². The minimum absolute atomic E-state index is 0.120. The molecule has 5 aliphatic rings. The van der Waals surface area contributed by atoms with E-state index in [9.17, 15) is 19.2 Å². The van der Waals surface area contributed by atoms with Gasteiger partial charge in [0.15, 0.2) is 0 Å². The molecule has 0 bridgehead atoms. The van der Waals surface area contributed by atoms with Crippen LogP contribution in [0.5, 0.6) is 23.0 Å². The highest BCUT2D eigenvalue weighted by Gasteiger charge is 2.42. The average molecular weight is 1770 g/mol. The van der Waals surface area contributed by atoms with Crippen LogP contribution in [-0.4, -0.2) is 166 Å². The minimum Gasteiger partial charge on any atom is -0.489 e. The molecule has 27 nitrogen and oxygen atoms in total. The lowest BCUT2D eigenvalue weighted by molar-refractivity contribution is -0.0686. The van der Waals surface area contributed by atoms with E-state index in [1.54, 1.807) is 43.1 Å². The predicted octanol–water partition coefficient (Wildman–Crippen LogP) is 15.7. The molecule has 0 aliphatic carbocycles. The van der Waals surface area contributed by atoms with Crippen LogP contribution in [0.15, 0.2) is 321 Å². The van der Waals surface area contributed by atoms with E-state index in [0.717, 1.165) is 166 Å². The first-order valence-electron chi connectivity index (χ1n) is 45.6. The third-order valence-electron chi connectivity index (χ3n) is 25.2. The third kappa shape index (κ3) is 21.1. The maximum atomic E-state index is 12.8. The molecule has 1 N–H and O–H groups in total. The van der Waals surface area contributed by atoms with E-state index in [2.05, 4.69) is 90.8 Å². The Morgan fingerprint density at radius 3 is 1.14 bits per heavy atom. The highest BCUT2D eigenvalue weighted by Crippen LogP contribution is 2.35. The zero-order valence-corrected chi connectivity index (χ0v) is 75.1. The highest BCUT2D eigenvalue weighted by molar-refractivity contribution is 5.89. The SMILES string of the molecule is C[C@@H]1CCC[C@H](C)N1CCn1ncc2cc(-n3ccc(OCc4ccccc4)cc3=O)ccc21.C[C@@H]1CN(CCn2ncc3cc(-n4ccc(OCc5ccccc5)cc4=O)ccc32)C[C@H](C)O1.C[C@@]12CCCN1C(Cn1ncc3cc(-n4ccc(OCc5ccccc5)cc4=O)ccc31)=NC2.O=c1cc(OCc2ccccc2)ccn1-c1ccc2c(cnn2CC2=NCCN2)c1. The predicted molar refractivity (Wildman–Crippen MR) is 517 cm³/mol. The Hall–Kier alpha value is -14.5. The summed E-state index contributed by atoms with van der Waals surface area (Å²) in [5.41, 5.74) is 11.3. The Kier molecular flexibility index (Phi) is 27.1. The smallest absolute Gasteiger partial charge is 0.258 e. The van der Waals surface area contributed by atoms with Crippen LogP contribution in [0, 0.1) is 0 Å². The second-order valence-corrected chi connectivity index (χ2v) is 34.8. The summed E-state index contributed by atoms with van der Waals surface area (Å²) in [7, 11) is 0. The Morgan fingerprint density at radius 1 is 0.402 bits per heavy atom. The molecule has 0 saturated carbocycles. The van der Waals surface area contributed by atoms with Gasteiger partial charge >= 0.3 is 0 Å². The molecule has 0 amide bonds. The number of likely N-dealkylation sites (tertiary alicyclic amines) is 1. The van der Waals surface area contributed by atoms with Crippen molar-refractivity contribution in [2.45, 2.75) is 149 Å². The Morgan fingerprint density at radius 2 is 0.765 bits per heavy atom. The number of hydrogen-bond donors (Lipinski definition) is 1. The van der Waals surface area contributed by atoms with Crippen molar-refractivity contribution in [3.63, 3.8) is 0 Å². The van der Waals surface area contributed by atoms with Gasteiger partial charge in [-0.1, -0.05) is 128 Å². The molecule has 0 spiro atoms. The minimum atomic E-state index is -0.142. The fourth-order valence-corrected chi connectivity index (χ4v) is 18.3. The average Bonchev–Trinajstić information content (AvgIpc) is 1.61. The molecule has 674 valence electrons. The zero-order chi connectivity index (χ0) is 90.4. The van der Waals surface area contributed by atoms with Gasteiger partial charge < -0.3 is 33.9 Å². The number of aliphatic imine (C=N–C) groups is 2. The summed E-state index contributed by atoms with van der Waals surface area (Å²) in [4.78, 5) is 67.8. The van der Waals surface area contributed by atoms with Gasteiger partial charge in [0, 0.05) is 145 Å². The lowest BCUT2D eigenvalue weighted by Crippen LogP contribution is -2.46. The number of nitrogens with one attached hydrogen (secondary N) is 1. The molecule has 27 heteroatoms. The van der Waals surface area contributed by atoms with Crippen LogP contribution in [0.1, 0.15) is 89.0 Å². The summed E-state index contributed by atoms with van der Waals surface area (Å²) in [5.74, 6) is 4.32. The van der Waals surface area contributed by atoms with Crippen LogP contribution < -0.4 is 46.5 Å². The summed E-state index contributed by atoms with van der Waals surface area (Å²) in [6.45, 7) is 23.4. The number of fused-ring (bicyclic) bond motifs is 5. The number of rotatable bonds is 26. The Balaban J connectivity index is 0.000000118. The fraction of sp³-hybridized carbons (Fsp3) is 0.295. The molecule has 132 heavy (non-hydrogen) atoms. The Labute approximate surface area is 765 Å². The van der Waals surface area contributed by atoms with Gasteiger partial charge in [0.2, 0.25) is 0 Å². The quantitative estimate of drug-likeness (QED) is 0.0529. The standard InChI is InChI=1S/C28H32N4O2.C27H27N5O2.C27H30N4O3.C23H21N5O2/c1-21-7-6-8-22(2)30(21)15-16-32-27-12-11-25(17-24(27)19-29-32)31-14-13-26(18-28(31)33)34-20-23-9-4-3-5-10-23;1-27-11-5-12-31(27)25(28-19-27)17-32-24-9-8-22(14-21(24)16-29-32)30-13-10-23(15-26(30)33)34-18-20-6-3-2-4-7-20;1-20-17-29(18-21(2)34-20)12-13-31-26-9-8-24(14-23(26)16-28-31)30-11-10-25(15-27(30)32)33-19-22-6-4-3-5-7-22;29-23-13-20(30-16-17-4-2-1-3-5-17)8-11-27(23)19-6-7-21-18(12-19)14-26-28(21)15-22-24-9-10-25-22/h3-5,9-14,17-19,21-22H,6-8,15-16,20H2,1-2H3;2-4,6-10,13-16H,5,11-12,17-19H2,1H3;3-11,14-16,20-21H,12-13,17-19H2,1-2H3;1-8,11-14H,9-10,15-16H2,(H,24,25)/t21-,22+;27-;20-,21+;/m.0../s1. The number of nitrogens with zero attached hydrogens (tertiary/aromatic N) is 17. The molecule has 5 atom stereocenters. The highest BCUT2D eigenvalue weighted by atomic mass is 16.5. The van der Waals surface area contributed by atoms with E-state index in [0.29, 0.717) is 74.6 Å². The van der Waals surface area contributed by atoms with Gasteiger partial charge in [-0.25, -0.2) is 0 Å². The van der Waals surface area contributed by atoms with Crippen LogP contribution >= 0.6 is 0 Å². The van der Waals surface area contributed by atoms with Crippen LogP contribution in [-0.2, 0) is 57.3 Å². The van der Waals surface area contributed by atoms with Crippen molar-refractivity contribution in [3.05, 3.63) is 356 Å². The summed E-state index contributed by atoms with van der Waals surface area (Å²) in [5, 5.41) is 25.6. The first kappa shape index (κ1) is 88.1. The summed E-state index contributed by atoms with van der Waals surface area (Å²) < 4.78 is 43.5. The molecule has 3 saturated heterocycles. The largest absolute Gasteiger partial charge is 0.489 e. The summed E-state index contributed by atoms with van der Waals surface area (Å²) >= 11 is 0. The number of morpholine rings is 1. The second kappa shape index (κ2) is 40.6. The van der Waals surface area contributed by atoms with Gasteiger partial charge in [0.1, 0.15) is 61.1 Å². The maximum Gasteiger partial charge on any atom is 0.258 e. The number of hydrogen-bond acceptors (Lipinski definition) is 19. The zero-order valence-electron chi connectivity index (χ0n) is 75.1. The van der Waals surface area contributed by atoms with Gasteiger partial charge in [0.05, 0.1) is 104 Å². The Bertz CT molecular complexity index is 6980. The first-order chi connectivity index (χ1) is 64.5. The summed E-state index contributed by atoms with van der Waals surface area (Å²) in [6, 6.07) is 78.2. The third-order valence-corrected chi connectivity index (χ3v) is 25.2. The normalized spacial score (nSPS) is 17.8. The molecule has 0 unspecified atom stereocenters. The van der Waals surface area contributed by atoms with Crippen LogP contribution in [0.2, 0.25) is 0 Å². The maximum absolute atomic E-state index is 12.8. The van der Waals surface area contributed by atoms with E-state index in [4.69, 9.17) is 28.7 Å². The topological polar surface area (TPSA) is 252 Å². The first-order valence-corrected chi connectivity index (χ1v) is 45.6. The van der Waals surface area contributed by atoms with Crippen LogP contribution in [0.3, 0.4) is 0 Å². The van der Waals surface area contributed by atoms with Gasteiger partial charge in [-0.15, -0.1) is 0 Å². The van der Waals surface area contributed by atoms with Gasteiger partial charge in [-0.2, -0.15) is 20.4 Å². The fourth-order valence-electron chi connectivity index (χ4n) is 18.3. The van der Waals surface area contributed by atoms with Crippen molar-refractivity contribution in [2.75, 3.05) is 52.4 Å². The van der Waals surface area contributed by atoms with Gasteiger partial charge in [-0.05, 0) is 180 Å². The van der Waals surface area contributed by atoms with E-state index < -0.39 is 0 Å². The molecular weight excluding hydrogens is 1660 g/mol. The molecule has 13 heterocycles.